The fourth-order valence-corrected chi connectivity index (χ4v) is 3.52. The Morgan fingerprint density at radius 2 is 2.12 bits per heavy atom. The maximum Gasteiger partial charge on any atom is 0.257 e. The van der Waals surface area contributed by atoms with Crippen molar-refractivity contribution in [2.24, 2.45) is 0 Å². The van der Waals surface area contributed by atoms with Gasteiger partial charge in [0, 0.05) is 6.54 Å². The van der Waals surface area contributed by atoms with Crippen molar-refractivity contribution >= 4 is 15.9 Å². The predicted molar refractivity (Wildman–Crippen MR) is 84.6 cm³/mol. The standard InChI is InChI=1S/C14H19N5O4S/c1-9-13(10(2)23-17-9)14(20)15-7-11-6-12-8-18(24(3,21)22)4-5-19(12)16-11/h6H,4-5,7-8H2,1-3H3,(H,15,20). The molecule has 0 aromatic carbocycles. The molecule has 130 valence electrons. The van der Waals surface area contributed by atoms with Crippen LogP contribution in [0.15, 0.2) is 10.6 Å². The van der Waals surface area contributed by atoms with E-state index in [0.717, 1.165) is 5.69 Å². The van der Waals surface area contributed by atoms with E-state index in [1.165, 1.54) is 10.6 Å². The number of sulfonamides is 1. The van der Waals surface area contributed by atoms with Gasteiger partial charge in [0.2, 0.25) is 10.0 Å². The van der Waals surface area contributed by atoms with Gasteiger partial charge in [-0.3, -0.25) is 9.48 Å². The maximum atomic E-state index is 12.2. The number of aromatic nitrogens is 3. The fraction of sp³-hybridized carbons (Fsp3) is 0.500. The number of carbonyl (C=O) groups is 1. The van der Waals surface area contributed by atoms with Crippen molar-refractivity contribution in [1.29, 1.82) is 0 Å². The molecule has 0 radical (unpaired) electrons. The second-order valence-corrected chi connectivity index (χ2v) is 7.81. The van der Waals surface area contributed by atoms with Crippen molar-refractivity contribution in [2.75, 3.05) is 12.8 Å². The summed E-state index contributed by atoms with van der Waals surface area (Å²) in [4.78, 5) is 12.2. The molecule has 0 saturated carbocycles. The Hall–Kier alpha value is -2.20. The van der Waals surface area contributed by atoms with E-state index in [2.05, 4.69) is 15.6 Å². The molecule has 1 amide bonds. The zero-order valence-electron chi connectivity index (χ0n) is 13.7. The van der Waals surface area contributed by atoms with Crippen molar-refractivity contribution in [3.05, 3.63) is 34.5 Å². The topological polar surface area (TPSA) is 110 Å². The van der Waals surface area contributed by atoms with Crippen LogP contribution in [0.3, 0.4) is 0 Å². The smallest absolute Gasteiger partial charge is 0.257 e. The predicted octanol–water partition coefficient (Wildman–Crippen LogP) is 0.193. The summed E-state index contributed by atoms with van der Waals surface area (Å²) in [6.07, 6.45) is 1.20. The highest BCUT2D eigenvalue weighted by molar-refractivity contribution is 7.88. The average molecular weight is 353 g/mol. The number of nitrogens with one attached hydrogen (secondary N) is 1. The summed E-state index contributed by atoms with van der Waals surface area (Å²) in [5, 5.41) is 11.0. The first kappa shape index (κ1) is 16.7. The molecule has 1 aliphatic heterocycles. The Labute approximate surface area is 139 Å². The van der Waals surface area contributed by atoms with Crippen LogP contribution in [-0.2, 0) is 29.7 Å². The second kappa shape index (κ2) is 6.02. The van der Waals surface area contributed by atoms with Crippen LogP contribution in [0, 0.1) is 13.8 Å². The number of rotatable bonds is 4. The Morgan fingerprint density at radius 1 is 1.38 bits per heavy atom. The third kappa shape index (κ3) is 3.20. The normalized spacial score (nSPS) is 15.3. The van der Waals surface area contributed by atoms with E-state index in [1.54, 1.807) is 18.5 Å². The highest BCUT2D eigenvalue weighted by atomic mass is 32.2. The monoisotopic (exact) mass is 353 g/mol. The van der Waals surface area contributed by atoms with Gasteiger partial charge >= 0.3 is 0 Å². The van der Waals surface area contributed by atoms with Crippen LogP contribution < -0.4 is 5.32 Å². The summed E-state index contributed by atoms with van der Waals surface area (Å²) in [5.74, 6) is 0.202. The number of aryl methyl sites for hydroxylation is 2. The van der Waals surface area contributed by atoms with Crippen LogP contribution in [0.25, 0.3) is 0 Å². The lowest BCUT2D eigenvalue weighted by atomic mass is 10.2. The molecule has 2 aromatic rings. The molecular weight excluding hydrogens is 334 g/mol. The minimum absolute atomic E-state index is 0.252. The summed E-state index contributed by atoms with van der Waals surface area (Å²) in [5.41, 5.74) is 2.47. The number of fused-ring (bicyclic) bond motifs is 1. The van der Waals surface area contributed by atoms with Crippen LogP contribution in [0.2, 0.25) is 0 Å². The molecule has 9 nitrogen and oxygen atoms in total. The van der Waals surface area contributed by atoms with Crippen molar-refractivity contribution < 1.29 is 17.7 Å². The zero-order chi connectivity index (χ0) is 17.5. The molecule has 2 aromatic heterocycles. The quantitative estimate of drug-likeness (QED) is 0.840. The molecule has 0 bridgehead atoms. The van der Waals surface area contributed by atoms with E-state index in [-0.39, 0.29) is 12.5 Å². The van der Waals surface area contributed by atoms with Gasteiger partial charge < -0.3 is 9.84 Å². The average Bonchev–Trinajstić information content (AvgIpc) is 3.06. The van der Waals surface area contributed by atoms with E-state index in [4.69, 9.17) is 4.52 Å². The molecule has 0 unspecified atom stereocenters. The minimum Gasteiger partial charge on any atom is -0.361 e. The molecule has 1 aliphatic rings. The molecule has 0 atom stereocenters. The Kier molecular flexibility index (Phi) is 4.18. The van der Waals surface area contributed by atoms with E-state index in [1.807, 2.05) is 6.07 Å². The molecule has 1 N–H and O–H groups in total. The number of hydrogen-bond acceptors (Lipinski definition) is 6. The van der Waals surface area contributed by atoms with Crippen molar-refractivity contribution in [3.63, 3.8) is 0 Å². The number of carbonyl (C=O) groups excluding carboxylic acids is 1. The fourth-order valence-electron chi connectivity index (χ4n) is 2.74. The summed E-state index contributed by atoms with van der Waals surface area (Å²) in [6, 6.07) is 1.81. The zero-order valence-corrected chi connectivity index (χ0v) is 14.6. The van der Waals surface area contributed by atoms with Crippen LogP contribution in [0.5, 0.6) is 0 Å². The first-order valence-corrected chi connectivity index (χ1v) is 9.32. The van der Waals surface area contributed by atoms with Crippen LogP contribution in [-0.4, -0.2) is 46.4 Å². The Bertz CT molecular complexity index is 864. The number of nitrogens with zero attached hydrogens (tertiary/aromatic N) is 4. The lowest BCUT2D eigenvalue weighted by Crippen LogP contribution is -2.37. The molecular formula is C14H19N5O4S. The van der Waals surface area contributed by atoms with E-state index in [9.17, 15) is 13.2 Å². The SMILES string of the molecule is Cc1noc(C)c1C(=O)NCc1cc2n(n1)CCN(S(C)(=O)=O)C2. The van der Waals surface area contributed by atoms with Gasteiger partial charge in [0.15, 0.2) is 0 Å². The van der Waals surface area contributed by atoms with Gasteiger partial charge in [-0.15, -0.1) is 0 Å². The van der Waals surface area contributed by atoms with E-state index in [0.29, 0.717) is 42.3 Å². The van der Waals surface area contributed by atoms with Crippen molar-refractivity contribution in [2.45, 2.75) is 33.5 Å². The van der Waals surface area contributed by atoms with E-state index < -0.39 is 10.0 Å². The number of hydrogen-bond donors (Lipinski definition) is 1. The summed E-state index contributed by atoms with van der Waals surface area (Å²) >= 11 is 0. The van der Waals surface area contributed by atoms with Gasteiger partial charge in [0.1, 0.15) is 11.3 Å². The van der Waals surface area contributed by atoms with Crippen molar-refractivity contribution in [3.8, 4) is 0 Å². The molecule has 0 spiro atoms. The van der Waals surface area contributed by atoms with Gasteiger partial charge in [-0.25, -0.2) is 8.42 Å². The Morgan fingerprint density at radius 3 is 2.75 bits per heavy atom. The summed E-state index contributed by atoms with van der Waals surface area (Å²) in [7, 11) is -3.22. The summed E-state index contributed by atoms with van der Waals surface area (Å²) in [6.45, 7) is 4.84. The lowest BCUT2D eigenvalue weighted by molar-refractivity contribution is 0.0948. The third-order valence-electron chi connectivity index (χ3n) is 3.97. The lowest BCUT2D eigenvalue weighted by Gasteiger charge is -2.25. The molecule has 0 aliphatic carbocycles. The summed E-state index contributed by atoms with van der Waals surface area (Å²) < 4.78 is 31.5. The molecule has 0 saturated heterocycles. The highest BCUT2D eigenvalue weighted by Crippen LogP contribution is 2.16. The Balaban J connectivity index is 1.68. The van der Waals surface area contributed by atoms with Gasteiger partial charge in [-0.1, -0.05) is 5.16 Å². The van der Waals surface area contributed by atoms with Gasteiger partial charge in [-0.2, -0.15) is 9.40 Å². The number of amides is 1. The van der Waals surface area contributed by atoms with Gasteiger partial charge in [0.25, 0.3) is 5.91 Å². The first-order chi connectivity index (χ1) is 11.3. The molecule has 0 fully saturated rings. The van der Waals surface area contributed by atoms with Gasteiger partial charge in [-0.05, 0) is 19.9 Å². The van der Waals surface area contributed by atoms with Gasteiger partial charge in [0.05, 0.1) is 43.0 Å². The molecule has 3 heterocycles. The van der Waals surface area contributed by atoms with Crippen molar-refractivity contribution in [1.82, 2.24) is 24.6 Å². The van der Waals surface area contributed by atoms with Crippen LogP contribution >= 0.6 is 0 Å². The molecule has 24 heavy (non-hydrogen) atoms. The second-order valence-electron chi connectivity index (χ2n) is 5.83. The minimum atomic E-state index is -3.22. The molecule has 10 heteroatoms. The van der Waals surface area contributed by atoms with Crippen LogP contribution in [0.4, 0.5) is 0 Å². The first-order valence-electron chi connectivity index (χ1n) is 7.47. The molecule has 3 rings (SSSR count). The van der Waals surface area contributed by atoms with Crippen LogP contribution in [0.1, 0.15) is 33.2 Å². The van der Waals surface area contributed by atoms with E-state index >= 15 is 0 Å². The maximum absolute atomic E-state index is 12.2. The highest BCUT2D eigenvalue weighted by Gasteiger charge is 2.24. The largest absolute Gasteiger partial charge is 0.361 e. The third-order valence-corrected chi connectivity index (χ3v) is 5.22.